The van der Waals surface area contributed by atoms with E-state index in [9.17, 15) is 4.79 Å². The molecule has 0 radical (unpaired) electrons. The Bertz CT molecular complexity index is 369. The van der Waals surface area contributed by atoms with Crippen molar-refractivity contribution in [2.24, 2.45) is 7.05 Å². The predicted molar refractivity (Wildman–Crippen MR) is 59.1 cm³/mol. The van der Waals surface area contributed by atoms with E-state index < -0.39 is 0 Å². The minimum absolute atomic E-state index is 0.0462. The number of carbonyl (C=O) groups is 1. The van der Waals surface area contributed by atoms with Gasteiger partial charge in [-0.25, -0.2) is 0 Å². The molecule has 1 aliphatic rings. The molecule has 5 heteroatoms. The Morgan fingerprint density at radius 3 is 3.12 bits per heavy atom. The van der Waals surface area contributed by atoms with Crippen LogP contribution < -0.4 is 5.32 Å². The summed E-state index contributed by atoms with van der Waals surface area (Å²) in [5.41, 5.74) is 0.574. The van der Waals surface area contributed by atoms with E-state index in [2.05, 4.69) is 10.4 Å². The minimum atomic E-state index is -0.0944. The first-order chi connectivity index (χ1) is 7.68. The second-order valence-corrected chi connectivity index (χ2v) is 4.15. The molecule has 2 rings (SSSR count). The molecule has 0 unspecified atom stereocenters. The zero-order valence-corrected chi connectivity index (χ0v) is 9.64. The summed E-state index contributed by atoms with van der Waals surface area (Å²) in [6, 6.07) is 1.75. The fourth-order valence-electron chi connectivity index (χ4n) is 1.97. The van der Waals surface area contributed by atoms with Gasteiger partial charge in [-0.2, -0.15) is 5.10 Å². The first-order valence-corrected chi connectivity index (χ1v) is 5.59. The molecule has 5 nitrogen and oxygen atoms in total. The number of aryl methyl sites for hydroxylation is 1. The summed E-state index contributed by atoms with van der Waals surface area (Å²) in [6.07, 6.45) is 3.87. The van der Waals surface area contributed by atoms with Crippen molar-refractivity contribution in [1.29, 1.82) is 0 Å². The average molecular weight is 223 g/mol. The van der Waals surface area contributed by atoms with Crippen LogP contribution in [0.4, 0.5) is 0 Å². The van der Waals surface area contributed by atoms with Crippen molar-refractivity contribution >= 4 is 5.91 Å². The third-order valence-electron chi connectivity index (χ3n) is 2.93. The van der Waals surface area contributed by atoms with Crippen LogP contribution in [0.25, 0.3) is 0 Å². The molecule has 1 fully saturated rings. The van der Waals surface area contributed by atoms with Gasteiger partial charge in [-0.3, -0.25) is 9.48 Å². The third kappa shape index (κ3) is 2.24. The monoisotopic (exact) mass is 223 g/mol. The number of hydrogen-bond acceptors (Lipinski definition) is 3. The summed E-state index contributed by atoms with van der Waals surface area (Å²) in [7, 11) is 1.76. The minimum Gasteiger partial charge on any atom is -0.376 e. The topological polar surface area (TPSA) is 56.2 Å². The molecule has 1 aromatic rings. The summed E-state index contributed by atoms with van der Waals surface area (Å²) in [5.74, 6) is -0.0944. The quantitative estimate of drug-likeness (QED) is 0.821. The summed E-state index contributed by atoms with van der Waals surface area (Å²) in [5, 5.41) is 6.91. The van der Waals surface area contributed by atoms with Crippen LogP contribution in [0.1, 0.15) is 30.3 Å². The van der Waals surface area contributed by atoms with E-state index in [1.54, 1.807) is 24.0 Å². The number of amides is 1. The number of rotatable bonds is 3. The Labute approximate surface area is 94.8 Å². The maximum Gasteiger partial charge on any atom is 0.269 e. The van der Waals surface area contributed by atoms with E-state index in [1.165, 1.54) is 0 Å². The van der Waals surface area contributed by atoms with Crippen LogP contribution in [-0.2, 0) is 11.8 Å². The van der Waals surface area contributed by atoms with Crippen molar-refractivity contribution in [3.63, 3.8) is 0 Å². The van der Waals surface area contributed by atoms with Gasteiger partial charge in [0.2, 0.25) is 0 Å². The maximum atomic E-state index is 11.9. The largest absolute Gasteiger partial charge is 0.376 e. The molecular formula is C11H17N3O2. The van der Waals surface area contributed by atoms with Crippen molar-refractivity contribution in [3.05, 3.63) is 18.0 Å². The van der Waals surface area contributed by atoms with Crippen molar-refractivity contribution in [1.82, 2.24) is 15.1 Å². The number of aromatic nitrogens is 2. The van der Waals surface area contributed by atoms with Gasteiger partial charge in [-0.1, -0.05) is 0 Å². The molecule has 1 saturated heterocycles. The van der Waals surface area contributed by atoms with E-state index in [-0.39, 0.29) is 18.1 Å². The highest BCUT2D eigenvalue weighted by molar-refractivity contribution is 5.92. The van der Waals surface area contributed by atoms with Gasteiger partial charge in [0.25, 0.3) is 5.91 Å². The lowest BCUT2D eigenvalue weighted by Gasteiger charge is -2.19. The first kappa shape index (κ1) is 11.1. The molecule has 0 aromatic carbocycles. The molecule has 1 amide bonds. The van der Waals surface area contributed by atoms with Crippen LogP contribution in [0.15, 0.2) is 12.3 Å². The molecule has 2 atom stereocenters. The normalized spacial score (nSPS) is 22.0. The summed E-state index contributed by atoms with van der Waals surface area (Å²) < 4.78 is 7.09. The van der Waals surface area contributed by atoms with Crippen LogP contribution in [0, 0.1) is 0 Å². The summed E-state index contributed by atoms with van der Waals surface area (Å²) in [6.45, 7) is 2.78. The van der Waals surface area contributed by atoms with Gasteiger partial charge in [0.05, 0.1) is 12.1 Å². The number of nitrogens with zero attached hydrogens (tertiary/aromatic N) is 2. The Kier molecular flexibility index (Phi) is 3.24. The molecule has 0 saturated carbocycles. The van der Waals surface area contributed by atoms with Gasteiger partial charge < -0.3 is 10.1 Å². The van der Waals surface area contributed by atoms with Gasteiger partial charge in [-0.15, -0.1) is 0 Å². The van der Waals surface area contributed by atoms with Crippen molar-refractivity contribution < 1.29 is 9.53 Å². The van der Waals surface area contributed by atoms with Crippen LogP contribution in [0.3, 0.4) is 0 Å². The van der Waals surface area contributed by atoms with E-state index in [0.717, 1.165) is 19.4 Å². The SMILES string of the molecule is C[C@@H](NC(=O)c1ccnn1C)[C@H]1CCCO1. The molecule has 0 spiro atoms. The predicted octanol–water partition coefficient (Wildman–Crippen LogP) is 0.717. The van der Waals surface area contributed by atoms with Crippen molar-refractivity contribution in [2.45, 2.75) is 31.9 Å². The van der Waals surface area contributed by atoms with E-state index >= 15 is 0 Å². The fourth-order valence-corrected chi connectivity index (χ4v) is 1.97. The van der Waals surface area contributed by atoms with Gasteiger partial charge in [-0.05, 0) is 25.8 Å². The van der Waals surface area contributed by atoms with Crippen molar-refractivity contribution in [2.75, 3.05) is 6.61 Å². The number of ether oxygens (including phenoxy) is 1. The average Bonchev–Trinajstić information content (AvgIpc) is 2.86. The molecule has 0 bridgehead atoms. The number of hydrogen-bond donors (Lipinski definition) is 1. The molecular weight excluding hydrogens is 206 g/mol. The van der Waals surface area contributed by atoms with Crippen LogP contribution in [0.2, 0.25) is 0 Å². The summed E-state index contributed by atoms with van der Waals surface area (Å²) >= 11 is 0. The Balaban J connectivity index is 1.94. The lowest BCUT2D eigenvalue weighted by molar-refractivity contribution is 0.0707. The number of carbonyl (C=O) groups excluding carboxylic acids is 1. The molecule has 16 heavy (non-hydrogen) atoms. The second kappa shape index (κ2) is 4.65. The fraction of sp³-hybridized carbons (Fsp3) is 0.636. The molecule has 1 aromatic heterocycles. The van der Waals surface area contributed by atoms with Crippen LogP contribution in [-0.4, -0.2) is 34.4 Å². The van der Waals surface area contributed by atoms with Gasteiger partial charge in [0, 0.05) is 19.9 Å². The van der Waals surface area contributed by atoms with Gasteiger partial charge in [0.1, 0.15) is 5.69 Å². The summed E-state index contributed by atoms with van der Waals surface area (Å²) in [4.78, 5) is 11.9. The zero-order chi connectivity index (χ0) is 11.5. The highest BCUT2D eigenvalue weighted by atomic mass is 16.5. The van der Waals surface area contributed by atoms with Crippen molar-refractivity contribution in [3.8, 4) is 0 Å². The first-order valence-electron chi connectivity index (χ1n) is 5.59. The molecule has 1 N–H and O–H groups in total. The van der Waals surface area contributed by atoms with E-state index in [4.69, 9.17) is 4.74 Å². The van der Waals surface area contributed by atoms with E-state index in [1.807, 2.05) is 6.92 Å². The lowest BCUT2D eigenvalue weighted by atomic mass is 10.1. The second-order valence-electron chi connectivity index (χ2n) is 4.15. The smallest absolute Gasteiger partial charge is 0.269 e. The Morgan fingerprint density at radius 2 is 2.56 bits per heavy atom. The standard InChI is InChI=1S/C11H17N3O2/c1-8(10-4-3-7-16-10)13-11(15)9-5-6-12-14(9)2/h5-6,8,10H,3-4,7H2,1-2H3,(H,13,15)/t8-,10-/m1/s1. The van der Waals surface area contributed by atoms with Crippen LogP contribution in [0.5, 0.6) is 0 Å². The molecule has 88 valence electrons. The Morgan fingerprint density at radius 1 is 1.75 bits per heavy atom. The van der Waals surface area contributed by atoms with E-state index in [0.29, 0.717) is 5.69 Å². The molecule has 2 heterocycles. The zero-order valence-electron chi connectivity index (χ0n) is 9.64. The number of nitrogens with one attached hydrogen (secondary N) is 1. The van der Waals surface area contributed by atoms with Gasteiger partial charge in [0.15, 0.2) is 0 Å². The highest BCUT2D eigenvalue weighted by Crippen LogP contribution is 2.15. The third-order valence-corrected chi connectivity index (χ3v) is 2.93. The maximum absolute atomic E-state index is 11.9. The molecule has 0 aliphatic carbocycles. The van der Waals surface area contributed by atoms with Gasteiger partial charge >= 0.3 is 0 Å². The lowest BCUT2D eigenvalue weighted by Crippen LogP contribution is -2.41. The molecule has 1 aliphatic heterocycles. The van der Waals surface area contributed by atoms with Crippen LogP contribution >= 0.6 is 0 Å². The Hall–Kier alpha value is -1.36. The highest BCUT2D eigenvalue weighted by Gasteiger charge is 2.24.